The predicted molar refractivity (Wildman–Crippen MR) is 118 cm³/mol. The molecule has 1 heterocycles. The van der Waals surface area contributed by atoms with E-state index < -0.39 is 0 Å². The van der Waals surface area contributed by atoms with Gasteiger partial charge in [0.05, 0.1) is 23.8 Å². The average molecular weight is 416 g/mol. The maximum atomic E-state index is 14.3. The molecule has 0 N–H and O–H groups in total. The quantitative estimate of drug-likeness (QED) is 0.424. The van der Waals surface area contributed by atoms with Crippen LogP contribution in [0, 0.1) is 26.6 Å². The zero-order valence-electron chi connectivity index (χ0n) is 17.5. The van der Waals surface area contributed by atoms with Gasteiger partial charge in [-0.3, -0.25) is 9.59 Å². The van der Waals surface area contributed by atoms with Gasteiger partial charge in [-0.05, 0) is 73.9 Å². The number of rotatable bonds is 5. The zero-order chi connectivity index (χ0) is 22.1. The van der Waals surface area contributed by atoms with Crippen molar-refractivity contribution in [3.8, 4) is 11.5 Å². The van der Waals surface area contributed by atoms with Gasteiger partial charge in [0.2, 0.25) is 0 Å². The summed E-state index contributed by atoms with van der Waals surface area (Å²) in [4.78, 5) is 27.4. The van der Waals surface area contributed by atoms with Crippen molar-refractivity contribution in [2.45, 2.75) is 27.3 Å². The van der Waals surface area contributed by atoms with Crippen molar-refractivity contribution < 1.29 is 13.9 Å². The van der Waals surface area contributed by atoms with Gasteiger partial charge in [-0.25, -0.2) is 4.39 Å². The van der Waals surface area contributed by atoms with Gasteiger partial charge in [0.25, 0.3) is 5.56 Å². The van der Waals surface area contributed by atoms with Crippen LogP contribution < -0.4 is 10.3 Å². The Balaban J connectivity index is 1.73. The van der Waals surface area contributed by atoms with Crippen molar-refractivity contribution in [3.63, 3.8) is 0 Å². The molecule has 0 bridgehead atoms. The number of aromatic nitrogens is 2. The maximum absolute atomic E-state index is 14.3. The lowest BCUT2D eigenvalue weighted by molar-refractivity contribution is 0.112. The number of carbonyl (C=O) groups excluding carboxylic acids is 1. The third-order valence-electron chi connectivity index (χ3n) is 5.21. The van der Waals surface area contributed by atoms with Gasteiger partial charge in [-0.2, -0.15) is 4.98 Å². The predicted octanol–water partition coefficient (Wildman–Crippen LogP) is 5.11. The highest BCUT2D eigenvalue weighted by atomic mass is 19.1. The fourth-order valence-corrected chi connectivity index (χ4v) is 3.68. The number of benzene rings is 3. The van der Waals surface area contributed by atoms with Crippen molar-refractivity contribution in [2.24, 2.45) is 0 Å². The summed E-state index contributed by atoms with van der Waals surface area (Å²) in [6.45, 7) is 5.81. The summed E-state index contributed by atoms with van der Waals surface area (Å²) in [5.41, 5.74) is 3.83. The van der Waals surface area contributed by atoms with Gasteiger partial charge in [0.1, 0.15) is 23.6 Å². The summed E-state index contributed by atoms with van der Waals surface area (Å²) < 4.78 is 22.1. The standard InChI is InChI=1S/C25H21FN2O3/c1-15-4-5-19(22(26)8-15)12-28-14-27-25(30)21-11-20(6-7-23(21)28)31-24-16(2)9-18(13-29)10-17(24)3/h4-11,13-14H,12H2,1-3H3. The highest BCUT2D eigenvalue weighted by molar-refractivity contribution is 5.80. The number of fused-ring (bicyclic) bond motifs is 1. The molecule has 5 nitrogen and oxygen atoms in total. The number of ether oxygens (including phenoxy) is 1. The Bertz CT molecular complexity index is 1350. The average Bonchev–Trinajstić information content (AvgIpc) is 2.74. The number of aldehydes is 1. The molecular formula is C25H21FN2O3. The van der Waals surface area contributed by atoms with Gasteiger partial charge in [0.15, 0.2) is 0 Å². The van der Waals surface area contributed by atoms with Crippen LogP contribution in [0.25, 0.3) is 10.9 Å². The highest BCUT2D eigenvalue weighted by Gasteiger charge is 2.12. The Morgan fingerprint density at radius 2 is 1.77 bits per heavy atom. The molecule has 0 aliphatic rings. The van der Waals surface area contributed by atoms with Crippen molar-refractivity contribution in [1.82, 2.24) is 9.55 Å². The molecule has 0 atom stereocenters. The summed E-state index contributed by atoms with van der Waals surface area (Å²) in [5, 5.41) is 0.382. The summed E-state index contributed by atoms with van der Waals surface area (Å²) in [6.07, 6.45) is 2.22. The van der Waals surface area contributed by atoms with Crippen LogP contribution in [0.2, 0.25) is 0 Å². The summed E-state index contributed by atoms with van der Waals surface area (Å²) >= 11 is 0. The third-order valence-corrected chi connectivity index (χ3v) is 5.21. The van der Waals surface area contributed by atoms with E-state index in [4.69, 9.17) is 4.74 Å². The van der Waals surface area contributed by atoms with E-state index in [1.807, 2.05) is 26.8 Å². The van der Waals surface area contributed by atoms with Gasteiger partial charge in [-0.15, -0.1) is 0 Å². The molecule has 0 spiro atoms. The first-order chi connectivity index (χ1) is 14.9. The SMILES string of the molecule is Cc1ccc(Cn2cnc(=O)c3cc(Oc4c(C)cc(C=O)cc4C)ccc32)c(F)c1. The number of hydrogen-bond donors (Lipinski definition) is 0. The van der Waals surface area contributed by atoms with Crippen LogP contribution in [0.4, 0.5) is 4.39 Å². The molecule has 0 amide bonds. The van der Waals surface area contributed by atoms with E-state index in [1.54, 1.807) is 41.0 Å². The van der Waals surface area contributed by atoms with Crippen molar-refractivity contribution >= 4 is 17.2 Å². The van der Waals surface area contributed by atoms with E-state index in [2.05, 4.69) is 4.98 Å². The first kappa shape index (κ1) is 20.5. The van der Waals surface area contributed by atoms with E-state index in [9.17, 15) is 14.0 Å². The van der Waals surface area contributed by atoms with Gasteiger partial charge >= 0.3 is 0 Å². The van der Waals surface area contributed by atoms with Crippen molar-refractivity contribution in [2.75, 3.05) is 0 Å². The lowest BCUT2D eigenvalue weighted by Gasteiger charge is -2.14. The number of aryl methyl sites for hydroxylation is 3. The van der Waals surface area contributed by atoms with Gasteiger partial charge in [0, 0.05) is 11.1 Å². The molecule has 0 saturated carbocycles. The summed E-state index contributed by atoms with van der Waals surface area (Å²) in [6, 6.07) is 13.7. The molecule has 31 heavy (non-hydrogen) atoms. The minimum Gasteiger partial charge on any atom is -0.457 e. The van der Waals surface area contributed by atoms with Crippen LogP contribution in [0.15, 0.2) is 59.7 Å². The molecule has 0 unspecified atom stereocenters. The monoisotopic (exact) mass is 416 g/mol. The molecule has 0 saturated heterocycles. The Kier molecular flexibility index (Phi) is 5.38. The van der Waals surface area contributed by atoms with E-state index in [0.29, 0.717) is 33.5 Å². The summed E-state index contributed by atoms with van der Waals surface area (Å²) in [5.74, 6) is 0.822. The minimum atomic E-state index is -0.383. The van der Waals surface area contributed by atoms with E-state index in [-0.39, 0.29) is 17.9 Å². The molecule has 0 aliphatic heterocycles. The Hall–Kier alpha value is -3.80. The topological polar surface area (TPSA) is 61.2 Å². The highest BCUT2D eigenvalue weighted by Crippen LogP contribution is 2.31. The Morgan fingerprint density at radius 1 is 1.03 bits per heavy atom. The molecule has 4 aromatic rings. The fourth-order valence-electron chi connectivity index (χ4n) is 3.68. The number of hydrogen-bond acceptors (Lipinski definition) is 4. The van der Waals surface area contributed by atoms with Crippen molar-refractivity contribution in [3.05, 3.63) is 98.8 Å². The van der Waals surface area contributed by atoms with Crippen LogP contribution in [0.1, 0.15) is 32.6 Å². The third kappa shape index (κ3) is 4.10. The lowest BCUT2D eigenvalue weighted by Crippen LogP contribution is -2.13. The second-order valence-electron chi connectivity index (χ2n) is 7.66. The number of nitrogens with zero attached hydrogens (tertiary/aromatic N) is 2. The number of halogens is 1. The van der Waals surface area contributed by atoms with Gasteiger partial charge in [-0.1, -0.05) is 12.1 Å². The molecule has 6 heteroatoms. The maximum Gasteiger partial charge on any atom is 0.280 e. The molecule has 4 rings (SSSR count). The Labute approximate surface area is 178 Å². The molecule has 156 valence electrons. The van der Waals surface area contributed by atoms with Crippen LogP contribution >= 0.6 is 0 Å². The number of carbonyl (C=O) groups is 1. The van der Waals surface area contributed by atoms with E-state index in [0.717, 1.165) is 23.0 Å². The normalized spacial score (nSPS) is 11.0. The van der Waals surface area contributed by atoms with Crippen molar-refractivity contribution in [1.29, 1.82) is 0 Å². The minimum absolute atomic E-state index is 0.251. The van der Waals surface area contributed by atoms with Crippen LogP contribution in [-0.2, 0) is 6.54 Å². The van der Waals surface area contributed by atoms with E-state index in [1.165, 1.54) is 12.4 Å². The van der Waals surface area contributed by atoms with E-state index >= 15 is 0 Å². The first-order valence-corrected chi connectivity index (χ1v) is 9.84. The smallest absolute Gasteiger partial charge is 0.280 e. The summed E-state index contributed by atoms with van der Waals surface area (Å²) in [7, 11) is 0. The second-order valence-corrected chi connectivity index (χ2v) is 7.66. The largest absolute Gasteiger partial charge is 0.457 e. The molecule has 0 radical (unpaired) electrons. The molecule has 1 aromatic heterocycles. The molecule has 0 fully saturated rings. The lowest BCUT2D eigenvalue weighted by atomic mass is 10.1. The molecule has 0 aliphatic carbocycles. The zero-order valence-corrected chi connectivity index (χ0v) is 17.5. The van der Waals surface area contributed by atoms with Gasteiger partial charge < -0.3 is 9.30 Å². The molecular weight excluding hydrogens is 395 g/mol. The van der Waals surface area contributed by atoms with Crippen LogP contribution in [0.5, 0.6) is 11.5 Å². The fraction of sp³-hybridized carbons (Fsp3) is 0.160. The van der Waals surface area contributed by atoms with Crippen LogP contribution in [0.3, 0.4) is 0 Å². The first-order valence-electron chi connectivity index (χ1n) is 9.84. The Morgan fingerprint density at radius 3 is 2.45 bits per heavy atom. The molecule has 3 aromatic carbocycles. The van der Waals surface area contributed by atoms with Crippen LogP contribution in [-0.4, -0.2) is 15.8 Å². The second kappa shape index (κ2) is 8.14.